The molecular weight excluding hydrogens is 140 g/mol. The van der Waals surface area contributed by atoms with Crippen LogP contribution in [0.3, 0.4) is 0 Å². The molecule has 54 valence electrons. The maximum atomic E-state index is 10.9. The van der Waals surface area contributed by atoms with Gasteiger partial charge in [0.25, 0.3) is 6.21 Å². The first-order valence-corrected chi connectivity index (χ1v) is 3.09. The minimum atomic E-state index is 0.467. The Hall–Kier alpha value is -1.82. The molecule has 0 aliphatic rings. The zero-order chi connectivity index (χ0) is 8.10. The molecule has 1 rings (SSSR count). The van der Waals surface area contributed by atoms with Gasteiger partial charge in [0.05, 0.1) is 0 Å². The highest BCUT2D eigenvalue weighted by Crippen LogP contribution is 2.07. The van der Waals surface area contributed by atoms with Crippen LogP contribution in [-0.4, -0.2) is 11.0 Å². The van der Waals surface area contributed by atoms with Gasteiger partial charge < -0.3 is 5.21 Å². The number of benzene rings is 1. The molecule has 0 amide bonds. The van der Waals surface area contributed by atoms with Gasteiger partial charge in [-0.05, 0) is 0 Å². The Morgan fingerprint density at radius 1 is 1.36 bits per heavy atom. The van der Waals surface area contributed by atoms with Crippen LogP contribution in [0.15, 0.2) is 30.3 Å². The molecule has 0 saturated carbocycles. The van der Waals surface area contributed by atoms with E-state index >= 15 is 0 Å². The number of nitrogens with zero attached hydrogens (tertiary/aromatic N) is 2. The lowest BCUT2D eigenvalue weighted by atomic mass is 10.3. The van der Waals surface area contributed by atoms with E-state index in [9.17, 15) is 5.21 Å². The zero-order valence-corrected chi connectivity index (χ0v) is 5.77. The number of rotatable bonds is 1. The van der Waals surface area contributed by atoms with Crippen LogP contribution in [0.2, 0.25) is 0 Å². The zero-order valence-electron chi connectivity index (χ0n) is 5.77. The monoisotopic (exact) mass is 146 g/mol. The Balaban J connectivity index is 2.96. The predicted molar refractivity (Wildman–Crippen MR) is 41.4 cm³/mol. The summed E-state index contributed by atoms with van der Waals surface area (Å²) < 4.78 is 0.528. The van der Waals surface area contributed by atoms with Crippen molar-refractivity contribution in [3.05, 3.63) is 35.5 Å². The Bertz CT molecular complexity index is 298. The summed E-state index contributed by atoms with van der Waals surface area (Å²) in [5.74, 6) is 0. The van der Waals surface area contributed by atoms with Crippen molar-refractivity contribution in [1.29, 1.82) is 5.26 Å². The van der Waals surface area contributed by atoms with Crippen molar-refractivity contribution in [3.63, 3.8) is 0 Å². The molecule has 0 aliphatic heterocycles. The van der Waals surface area contributed by atoms with E-state index in [0.717, 1.165) is 6.21 Å². The summed E-state index contributed by atoms with van der Waals surface area (Å²) in [5.41, 5.74) is 0.467. The Labute approximate surface area is 64.4 Å². The van der Waals surface area contributed by atoms with Crippen molar-refractivity contribution in [2.75, 3.05) is 0 Å². The fourth-order valence-electron chi connectivity index (χ4n) is 0.702. The Kier molecular flexibility index (Phi) is 2.24. The van der Waals surface area contributed by atoms with Crippen molar-refractivity contribution >= 4 is 11.9 Å². The van der Waals surface area contributed by atoms with Gasteiger partial charge in [-0.1, -0.05) is 18.2 Å². The molecule has 0 heterocycles. The summed E-state index contributed by atoms with van der Waals surface area (Å²) in [5, 5.41) is 19.0. The van der Waals surface area contributed by atoms with Gasteiger partial charge in [0.15, 0.2) is 6.07 Å². The molecule has 0 atom stereocenters. The smallest absolute Gasteiger partial charge is 0.258 e. The Morgan fingerprint density at radius 2 is 2.00 bits per heavy atom. The van der Waals surface area contributed by atoms with E-state index in [1.165, 1.54) is 0 Å². The van der Waals surface area contributed by atoms with E-state index < -0.39 is 0 Å². The van der Waals surface area contributed by atoms with Crippen LogP contribution in [0, 0.1) is 16.5 Å². The van der Waals surface area contributed by atoms with Crippen LogP contribution >= 0.6 is 0 Å². The average molecular weight is 146 g/mol. The molecule has 0 fully saturated rings. The van der Waals surface area contributed by atoms with E-state index in [-0.39, 0.29) is 0 Å². The van der Waals surface area contributed by atoms with Crippen LogP contribution in [-0.2, 0) is 0 Å². The molecule has 0 unspecified atom stereocenters. The quantitative estimate of drug-likeness (QED) is 0.260. The van der Waals surface area contributed by atoms with Crippen molar-refractivity contribution in [3.8, 4) is 6.07 Å². The van der Waals surface area contributed by atoms with Gasteiger partial charge in [-0.15, -0.1) is 0 Å². The number of hydrogen-bond donors (Lipinski definition) is 0. The number of nitriles is 1. The van der Waals surface area contributed by atoms with Crippen LogP contribution in [0.25, 0.3) is 0 Å². The molecule has 11 heavy (non-hydrogen) atoms. The summed E-state index contributed by atoms with van der Waals surface area (Å²) in [6.07, 6.45) is 0.912. The third-order valence-electron chi connectivity index (χ3n) is 1.19. The molecule has 0 aromatic heterocycles. The summed E-state index contributed by atoms with van der Waals surface area (Å²) in [6, 6.07) is 10.2. The summed E-state index contributed by atoms with van der Waals surface area (Å²) in [7, 11) is 0. The molecular formula is C8H6N2O. The van der Waals surface area contributed by atoms with Crippen LogP contribution in [0.5, 0.6) is 0 Å². The first kappa shape index (κ1) is 7.29. The average Bonchev–Trinajstić information content (AvgIpc) is 2.07. The molecule has 1 aromatic rings. The lowest BCUT2D eigenvalue weighted by Gasteiger charge is -1.98. The van der Waals surface area contributed by atoms with E-state index in [2.05, 4.69) is 0 Å². The lowest BCUT2D eigenvalue weighted by Crippen LogP contribution is -1.94. The van der Waals surface area contributed by atoms with Crippen molar-refractivity contribution in [2.24, 2.45) is 0 Å². The maximum absolute atomic E-state index is 10.9. The van der Waals surface area contributed by atoms with Crippen molar-refractivity contribution in [1.82, 2.24) is 0 Å². The van der Waals surface area contributed by atoms with Gasteiger partial charge in [0, 0.05) is 12.1 Å². The highest BCUT2D eigenvalue weighted by molar-refractivity contribution is 5.71. The molecule has 3 heteroatoms. The van der Waals surface area contributed by atoms with Gasteiger partial charge in [-0.2, -0.15) is 10.0 Å². The van der Waals surface area contributed by atoms with Gasteiger partial charge in [0.2, 0.25) is 5.69 Å². The van der Waals surface area contributed by atoms with Crippen LogP contribution in [0.4, 0.5) is 5.69 Å². The predicted octanol–water partition coefficient (Wildman–Crippen LogP) is 1.42. The fraction of sp³-hybridized carbons (Fsp3) is 0. The molecule has 0 bridgehead atoms. The number of para-hydroxylation sites is 1. The topological polar surface area (TPSA) is 49.9 Å². The van der Waals surface area contributed by atoms with E-state index in [4.69, 9.17) is 5.26 Å². The minimum absolute atomic E-state index is 0.467. The largest absolute Gasteiger partial charge is 0.618 e. The van der Waals surface area contributed by atoms with Crippen LogP contribution in [0.1, 0.15) is 0 Å². The first-order chi connectivity index (χ1) is 5.34. The second kappa shape index (κ2) is 3.37. The molecule has 0 spiro atoms. The highest BCUT2D eigenvalue weighted by Gasteiger charge is 1.95. The van der Waals surface area contributed by atoms with E-state index in [1.54, 1.807) is 30.3 Å². The molecule has 3 nitrogen and oxygen atoms in total. The lowest BCUT2D eigenvalue weighted by molar-refractivity contribution is -0.353. The first-order valence-electron chi connectivity index (χ1n) is 3.09. The highest BCUT2D eigenvalue weighted by atomic mass is 16.5. The second-order valence-corrected chi connectivity index (χ2v) is 1.92. The van der Waals surface area contributed by atoms with Gasteiger partial charge in [-0.25, -0.2) is 0 Å². The minimum Gasteiger partial charge on any atom is -0.618 e. The molecule has 0 saturated heterocycles. The maximum Gasteiger partial charge on any atom is 0.258 e. The summed E-state index contributed by atoms with van der Waals surface area (Å²) >= 11 is 0. The summed E-state index contributed by atoms with van der Waals surface area (Å²) in [6.45, 7) is 0. The molecule has 1 aromatic carbocycles. The van der Waals surface area contributed by atoms with E-state index in [0.29, 0.717) is 10.4 Å². The van der Waals surface area contributed by atoms with Crippen molar-refractivity contribution < 1.29 is 4.74 Å². The molecule has 0 N–H and O–H groups in total. The normalized spacial score (nSPS) is 10.6. The van der Waals surface area contributed by atoms with Gasteiger partial charge in [0.1, 0.15) is 0 Å². The third-order valence-corrected chi connectivity index (χ3v) is 1.19. The third kappa shape index (κ3) is 1.80. The molecule has 0 aliphatic carbocycles. The van der Waals surface area contributed by atoms with Gasteiger partial charge >= 0.3 is 0 Å². The van der Waals surface area contributed by atoms with Crippen LogP contribution < -0.4 is 0 Å². The summed E-state index contributed by atoms with van der Waals surface area (Å²) in [4.78, 5) is 0. The SMILES string of the molecule is N#C/C=[N+](\[O-])c1ccccc1. The fourth-order valence-corrected chi connectivity index (χ4v) is 0.702. The van der Waals surface area contributed by atoms with E-state index in [1.807, 2.05) is 6.07 Å². The second-order valence-electron chi connectivity index (χ2n) is 1.92. The van der Waals surface area contributed by atoms with Gasteiger partial charge in [-0.3, -0.25) is 0 Å². The molecule has 0 radical (unpaired) electrons. The Morgan fingerprint density at radius 3 is 2.55 bits per heavy atom. The van der Waals surface area contributed by atoms with Crippen molar-refractivity contribution in [2.45, 2.75) is 0 Å². The number of hydrogen-bond acceptors (Lipinski definition) is 2. The standard InChI is InChI=1S/C8H6N2O/c9-6-7-10(11)8-4-2-1-3-5-8/h1-5,7H/b10-7-.